The minimum Gasteiger partial charge on any atom is -0.393 e. The van der Waals surface area contributed by atoms with Crippen molar-refractivity contribution in [2.45, 2.75) is 43.9 Å². The van der Waals surface area contributed by atoms with Gasteiger partial charge in [0.1, 0.15) is 5.82 Å². The lowest BCUT2D eigenvalue weighted by molar-refractivity contribution is 0.0284. The maximum Gasteiger partial charge on any atom is 0.257 e. The molecule has 2 saturated heterocycles. The third-order valence-electron chi connectivity index (χ3n) is 4.10. The largest absolute Gasteiger partial charge is 0.393 e. The summed E-state index contributed by atoms with van der Waals surface area (Å²) < 4.78 is 14.5. The summed E-state index contributed by atoms with van der Waals surface area (Å²) in [5, 5.41) is 9.73. The predicted molar refractivity (Wildman–Crippen MR) is 72.3 cm³/mol. The number of halogens is 2. The number of amides is 1. The molecule has 0 aromatic heterocycles. The Morgan fingerprint density at radius 3 is 2.53 bits per heavy atom. The number of benzene rings is 1. The number of hydrogen-bond donors (Lipinski definition) is 1. The van der Waals surface area contributed by atoms with Gasteiger partial charge in [-0.3, -0.25) is 4.79 Å². The average molecular weight is 328 g/mol. The fourth-order valence-electron chi connectivity index (χ4n) is 3.28. The topological polar surface area (TPSA) is 40.5 Å². The van der Waals surface area contributed by atoms with E-state index in [4.69, 9.17) is 0 Å². The molecule has 1 aromatic carbocycles. The Labute approximate surface area is 119 Å². The highest BCUT2D eigenvalue weighted by Crippen LogP contribution is 2.37. The molecule has 1 amide bonds. The number of nitrogens with zero attached hydrogens (tertiary/aromatic N) is 1. The standard InChI is InChI=1S/C14H15BrFNO2/c15-8-1-4-12(13(16)5-8)14(19)17-9-2-3-10(17)7-11(18)6-9/h1,4-5,9-11,18H,2-3,6-7H2. The number of carbonyl (C=O) groups excluding carboxylic acids is 1. The van der Waals surface area contributed by atoms with Crippen molar-refractivity contribution < 1.29 is 14.3 Å². The van der Waals surface area contributed by atoms with Gasteiger partial charge >= 0.3 is 0 Å². The molecule has 2 bridgehead atoms. The summed E-state index contributed by atoms with van der Waals surface area (Å²) >= 11 is 3.19. The lowest BCUT2D eigenvalue weighted by Crippen LogP contribution is -2.48. The van der Waals surface area contributed by atoms with Crippen LogP contribution in [0.4, 0.5) is 4.39 Å². The molecule has 0 saturated carbocycles. The number of aliphatic hydroxyl groups excluding tert-OH is 1. The van der Waals surface area contributed by atoms with Crippen LogP contribution < -0.4 is 0 Å². The Morgan fingerprint density at radius 1 is 1.32 bits per heavy atom. The van der Waals surface area contributed by atoms with Crippen molar-refractivity contribution in [3.8, 4) is 0 Å². The molecule has 2 fully saturated rings. The van der Waals surface area contributed by atoms with Gasteiger partial charge in [-0.05, 0) is 43.9 Å². The highest BCUT2D eigenvalue weighted by Gasteiger charge is 2.43. The van der Waals surface area contributed by atoms with Crippen LogP contribution in [0.2, 0.25) is 0 Å². The number of piperidine rings is 1. The third kappa shape index (κ3) is 2.30. The summed E-state index contributed by atoms with van der Waals surface area (Å²) in [6.45, 7) is 0. The lowest BCUT2D eigenvalue weighted by Gasteiger charge is -2.37. The molecule has 0 aliphatic carbocycles. The van der Waals surface area contributed by atoms with Crippen molar-refractivity contribution in [3.05, 3.63) is 34.1 Å². The van der Waals surface area contributed by atoms with E-state index < -0.39 is 5.82 Å². The molecule has 3 rings (SSSR count). The fraction of sp³-hybridized carbons (Fsp3) is 0.500. The maximum atomic E-state index is 13.9. The van der Waals surface area contributed by atoms with Gasteiger partial charge in [0, 0.05) is 16.6 Å². The van der Waals surface area contributed by atoms with E-state index in [9.17, 15) is 14.3 Å². The van der Waals surface area contributed by atoms with E-state index in [2.05, 4.69) is 15.9 Å². The van der Waals surface area contributed by atoms with Crippen LogP contribution in [0.3, 0.4) is 0 Å². The van der Waals surface area contributed by atoms with E-state index in [1.165, 1.54) is 12.1 Å². The molecule has 3 nitrogen and oxygen atoms in total. The minimum absolute atomic E-state index is 0.0595. The van der Waals surface area contributed by atoms with Crippen molar-refractivity contribution in [2.24, 2.45) is 0 Å². The van der Waals surface area contributed by atoms with Gasteiger partial charge in [0.2, 0.25) is 0 Å². The van der Waals surface area contributed by atoms with E-state index in [1.54, 1.807) is 11.0 Å². The monoisotopic (exact) mass is 327 g/mol. The van der Waals surface area contributed by atoms with Gasteiger partial charge in [-0.25, -0.2) is 4.39 Å². The van der Waals surface area contributed by atoms with E-state index in [0.29, 0.717) is 17.3 Å². The van der Waals surface area contributed by atoms with Crippen molar-refractivity contribution in [1.82, 2.24) is 4.90 Å². The van der Waals surface area contributed by atoms with Gasteiger partial charge in [-0.1, -0.05) is 15.9 Å². The molecule has 0 spiro atoms. The first-order chi connectivity index (χ1) is 9.06. The maximum absolute atomic E-state index is 13.9. The Morgan fingerprint density at radius 2 is 1.95 bits per heavy atom. The summed E-state index contributed by atoms with van der Waals surface area (Å²) in [5.41, 5.74) is 0.122. The van der Waals surface area contributed by atoms with Crippen LogP contribution >= 0.6 is 15.9 Å². The van der Waals surface area contributed by atoms with Gasteiger partial charge in [-0.2, -0.15) is 0 Å². The third-order valence-corrected chi connectivity index (χ3v) is 4.60. The van der Waals surface area contributed by atoms with Gasteiger partial charge < -0.3 is 10.0 Å². The molecule has 2 atom stereocenters. The molecular formula is C14H15BrFNO2. The van der Waals surface area contributed by atoms with Crippen LogP contribution in [0.25, 0.3) is 0 Å². The van der Waals surface area contributed by atoms with E-state index in [0.717, 1.165) is 12.8 Å². The Kier molecular flexibility index (Phi) is 3.35. The van der Waals surface area contributed by atoms with Gasteiger partial charge in [0.15, 0.2) is 0 Å². The summed E-state index contributed by atoms with van der Waals surface area (Å²) in [7, 11) is 0. The van der Waals surface area contributed by atoms with Crippen LogP contribution in [-0.2, 0) is 0 Å². The first kappa shape index (κ1) is 13.1. The van der Waals surface area contributed by atoms with Crippen LogP contribution in [0.15, 0.2) is 22.7 Å². The SMILES string of the molecule is O=C(c1ccc(Br)cc1F)N1C2CCC1CC(O)C2. The molecular weight excluding hydrogens is 313 g/mol. The molecule has 1 N–H and O–H groups in total. The highest BCUT2D eigenvalue weighted by atomic mass is 79.9. The molecule has 102 valence electrons. The number of fused-ring (bicyclic) bond motifs is 2. The van der Waals surface area contributed by atoms with Crippen molar-refractivity contribution in [1.29, 1.82) is 0 Å². The second-order valence-corrected chi connectivity index (χ2v) is 6.26. The molecule has 2 unspecified atom stereocenters. The first-order valence-corrected chi connectivity index (χ1v) is 7.31. The highest BCUT2D eigenvalue weighted by molar-refractivity contribution is 9.10. The number of rotatable bonds is 1. The molecule has 2 aliphatic rings. The zero-order valence-corrected chi connectivity index (χ0v) is 11.9. The minimum atomic E-state index is -0.495. The van der Waals surface area contributed by atoms with Gasteiger partial charge in [0.25, 0.3) is 5.91 Å². The normalized spacial score (nSPS) is 29.6. The first-order valence-electron chi connectivity index (χ1n) is 6.52. The number of carbonyl (C=O) groups is 1. The van der Waals surface area contributed by atoms with Crippen LogP contribution in [0, 0.1) is 5.82 Å². The Bertz CT molecular complexity index is 508. The molecule has 1 aromatic rings. The zero-order chi connectivity index (χ0) is 13.6. The van der Waals surface area contributed by atoms with Crippen molar-refractivity contribution in [2.75, 3.05) is 0 Å². The van der Waals surface area contributed by atoms with Crippen LogP contribution in [0.1, 0.15) is 36.0 Å². The molecule has 2 heterocycles. The summed E-state index contributed by atoms with van der Waals surface area (Å²) in [4.78, 5) is 14.3. The van der Waals surface area contributed by atoms with E-state index in [-0.39, 0.29) is 29.7 Å². The summed E-state index contributed by atoms with van der Waals surface area (Å²) in [6, 6.07) is 4.63. The summed E-state index contributed by atoms with van der Waals surface area (Å²) in [5.74, 6) is -0.741. The van der Waals surface area contributed by atoms with Crippen molar-refractivity contribution >= 4 is 21.8 Å². The number of hydrogen-bond acceptors (Lipinski definition) is 2. The van der Waals surface area contributed by atoms with Gasteiger partial charge in [0.05, 0.1) is 11.7 Å². The second kappa shape index (κ2) is 4.87. The van der Waals surface area contributed by atoms with Crippen molar-refractivity contribution in [3.63, 3.8) is 0 Å². The molecule has 0 radical (unpaired) electrons. The Balaban J connectivity index is 1.88. The zero-order valence-electron chi connectivity index (χ0n) is 10.4. The predicted octanol–water partition coefficient (Wildman–Crippen LogP) is 2.72. The van der Waals surface area contributed by atoms with E-state index in [1.807, 2.05) is 0 Å². The van der Waals surface area contributed by atoms with Gasteiger partial charge in [-0.15, -0.1) is 0 Å². The Hall–Kier alpha value is -0.940. The van der Waals surface area contributed by atoms with Crippen LogP contribution in [-0.4, -0.2) is 34.1 Å². The van der Waals surface area contributed by atoms with E-state index >= 15 is 0 Å². The average Bonchev–Trinajstić information content (AvgIpc) is 2.61. The number of aliphatic hydroxyl groups is 1. The smallest absolute Gasteiger partial charge is 0.257 e. The summed E-state index contributed by atoms with van der Waals surface area (Å²) in [6.07, 6.45) is 2.72. The quantitative estimate of drug-likeness (QED) is 0.861. The molecule has 2 aliphatic heterocycles. The fourth-order valence-corrected chi connectivity index (χ4v) is 3.62. The second-order valence-electron chi connectivity index (χ2n) is 5.35. The van der Waals surface area contributed by atoms with Crippen LogP contribution in [0.5, 0.6) is 0 Å². The molecule has 19 heavy (non-hydrogen) atoms. The molecule has 5 heteroatoms. The lowest BCUT2D eigenvalue weighted by atomic mass is 9.98.